The summed E-state index contributed by atoms with van der Waals surface area (Å²) in [6, 6.07) is 15.1. The fourth-order valence-corrected chi connectivity index (χ4v) is 2.78. The molecule has 3 aromatic rings. The third kappa shape index (κ3) is 5.50. The van der Waals surface area contributed by atoms with Gasteiger partial charge in [-0.15, -0.1) is 0 Å². The van der Waals surface area contributed by atoms with Gasteiger partial charge >= 0.3 is 0 Å². The standard InChI is InChI=1S/C21H23ClN4O2/c1-14-4-5-16(22)12-19(14)26-21-13-20(24-15(2)25-21)23-10-11-28-18-8-6-17(27-3)7-9-18/h4-9,12-13H,10-11H2,1-3H3,(H2,23,24,25,26). The van der Waals surface area contributed by atoms with Crippen molar-refractivity contribution in [3.63, 3.8) is 0 Å². The third-order valence-electron chi connectivity index (χ3n) is 4.04. The molecule has 0 atom stereocenters. The van der Waals surface area contributed by atoms with Gasteiger partial charge < -0.3 is 20.1 Å². The summed E-state index contributed by atoms with van der Waals surface area (Å²) in [6.07, 6.45) is 0. The molecule has 0 amide bonds. The van der Waals surface area contributed by atoms with Crippen molar-refractivity contribution in [3.8, 4) is 11.5 Å². The van der Waals surface area contributed by atoms with E-state index >= 15 is 0 Å². The lowest BCUT2D eigenvalue weighted by Crippen LogP contribution is -2.13. The van der Waals surface area contributed by atoms with Crippen LogP contribution in [-0.4, -0.2) is 30.2 Å². The average Bonchev–Trinajstić information content (AvgIpc) is 2.68. The van der Waals surface area contributed by atoms with Crippen molar-refractivity contribution >= 4 is 28.9 Å². The number of halogens is 1. The van der Waals surface area contributed by atoms with Gasteiger partial charge in [0.25, 0.3) is 0 Å². The van der Waals surface area contributed by atoms with Crippen LogP contribution in [0.4, 0.5) is 17.3 Å². The molecule has 0 aliphatic rings. The van der Waals surface area contributed by atoms with Crippen LogP contribution < -0.4 is 20.1 Å². The molecule has 6 nitrogen and oxygen atoms in total. The van der Waals surface area contributed by atoms with Crippen LogP contribution in [-0.2, 0) is 0 Å². The van der Waals surface area contributed by atoms with Gasteiger partial charge in [0.1, 0.15) is 35.6 Å². The van der Waals surface area contributed by atoms with Gasteiger partial charge in [0.05, 0.1) is 13.7 Å². The molecule has 146 valence electrons. The number of anilines is 3. The SMILES string of the molecule is COc1ccc(OCCNc2cc(Nc3cc(Cl)ccc3C)nc(C)n2)cc1. The van der Waals surface area contributed by atoms with E-state index in [1.807, 2.05) is 62.4 Å². The summed E-state index contributed by atoms with van der Waals surface area (Å²) in [6.45, 7) is 4.99. The van der Waals surface area contributed by atoms with Crippen molar-refractivity contribution in [1.82, 2.24) is 9.97 Å². The van der Waals surface area contributed by atoms with E-state index < -0.39 is 0 Å². The number of aromatic nitrogens is 2. The van der Waals surface area contributed by atoms with E-state index in [9.17, 15) is 0 Å². The molecule has 2 N–H and O–H groups in total. The quantitative estimate of drug-likeness (QED) is 0.521. The molecule has 0 aliphatic carbocycles. The van der Waals surface area contributed by atoms with E-state index in [4.69, 9.17) is 21.1 Å². The first kappa shape index (κ1) is 19.8. The minimum absolute atomic E-state index is 0.505. The Morgan fingerprint density at radius 3 is 2.39 bits per heavy atom. The Kier molecular flexibility index (Phi) is 6.55. The largest absolute Gasteiger partial charge is 0.497 e. The van der Waals surface area contributed by atoms with Crippen LogP contribution in [0.2, 0.25) is 5.02 Å². The molecule has 0 radical (unpaired) electrons. The monoisotopic (exact) mass is 398 g/mol. The maximum Gasteiger partial charge on any atom is 0.136 e. The zero-order chi connectivity index (χ0) is 19.9. The Balaban J connectivity index is 1.57. The summed E-state index contributed by atoms with van der Waals surface area (Å²) in [5.41, 5.74) is 2.00. The molecule has 0 bridgehead atoms. The summed E-state index contributed by atoms with van der Waals surface area (Å²) >= 11 is 6.09. The summed E-state index contributed by atoms with van der Waals surface area (Å²) in [5, 5.41) is 7.24. The third-order valence-corrected chi connectivity index (χ3v) is 4.27. The van der Waals surface area contributed by atoms with E-state index in [1.165, 1.54) is 0 Å². The zero-order valence-corrected chi connectivity index (χ0v) is 16.9. The highest BCUT2D eigenvalue weighted by molar-refractivity contribution is 6.30. The second-order valence-electron chi connectivity index (χ2n) is 6.22. The molecule has 7 heteroatoms. The Hall–Kier alpha value is -2.99. The van der Waals surface area contributed by atoms with Gasteiger partial charge in [-0.3, -0.25) is 0 Å². The minimum Gasteiger partial charge on any atom is -0.497 e. The predicted octanol–water partition coefficient (Wildman–Crippen LogP) is 4.99. The Morgan fingerprint density at radius 1 is 0.929 bits per heavy atom. The number of ether oxygens (including phenoxy) is 2. The van der Waals surface area contributed by atoms with Gasteiger partial charge in [-0.25, -0.2) is 9.97 Å². The molecule has 0 aliphatic heterocycles. The zero-order valence-electron chi connectivity index (χ0n) is 16.1. The van der Waals surface area contributed by atoms with E-state index in [2.05, 4.69) is 20.6 Å². The normalized spacial score (nSPS) is 10.4. The number of nitrogens with one attached hydrogen (secondary N) is 2. The van der Waals surface area contributed by atoms with Crippen LogP contribution in [0.15, 0.2) is 48.5 Å². The first-order valence-electron chi connectivity index (χ1n) is 8.93. The van der Waals surface area contributed by atoms with Gasteiger partial charge in [0.2, 0.25) is 0 Å². The maximum atomic E-state index is 6.09. The summed E-state index contributed by atoms with van der Waals surface area (Å²) in [7, 11) is 1.64. The molecule has 1 heterocycles. The fraction of sp³-hybridized carbons (Fsp3) is 0.238. The molecule has 0 saturated carbocycles. The van der Waals surface area contributed by atoms with Crippen molar-refractivity contribution in [2.75, 3.05) is 30.9 Å². The summed E-state index contributed by atoms with van der Waals surface area (Å²) in [4.78, 5) is 8.87. The molecular formula is C21H23ClN4O2. The minimum atomic E-state index is 0.505. The van der Waals surface area contributed by atoms with E-state index in [0.29, 0.717) is 29.8 Å². The van der Waals surface area contributed by atoms with Crippen LogP contribution in [0, 0.1) is 13.8 Å². The first-order chi connectivity index (χ1) is 13.5. The molecule has 0 fully saturated rings. The lowest BCUT2D eigenvalue weighted by molar-refractivity contribution is 0.331. The highest BCUT2D eigenvalue weighted by Gasteiger charge is 2.05. The fourth-order valence-electron chi connectivity index (χ4n) is 2.61. The number of nitrogens with zero attached hydrogens (tertiary/aromatic N) is 2. The van der Waals surface area contributed by atoms with Crippen molar-refractivity contribution in [1.29, 1.82) is 0 Å². The van der Waals surface area contributed by atoms with Gasteiger partial charge in [-0.2, -0.15) is 0 Å². The Labute approximate surface area is 169 Å². The lowest BCUT2D eigenvalue weighted by atomic mass is 10.2. The molecule has 28 heavy (non-hydrogen) atoms. The van der Waals surface area contributed by atoms with E-state index in [1.54, 1.807) is 7.11 Å². The smallest absolute Gasteiger partial charge is 0.136 e. The van der Waals surface area contributed by atoms with Crippen molar-refractivity contribution in [3.05, 3.63) is 64.9 Å². The van der Waals surface area contributed by atoms with E-state index in [-0.39, 0.29) is 0 Å². The maximum absolute atomic E-state index is 6.09. The lowest BCUT2D eigenvalue weighted by Gasteiger charge is -2.12. The average molecular weight is 399 g/mol. The van der Waals surface area contributed by atoms with Crippen LogP contribution in [0.5, 0.6) is 11.5 Å². The molecule has 0 spiro atoms. The second kappa shape index (κ2) is 9.28. The van der Waals surface area contributed by atoms with Crippen LogP contribution in [0.25, 0.3) is 0 Å². The van der Waals surface area contributed by atoms with E-state index in [0.717, 1.165) is 28.6 Å². The number of hydrogen-bond donors (Lipinski definition) is 2. The topological polar surface area (TPSA) is 68.3 Å². The molecule has 0 saturated heterocycles. The first-order valence-corrected chi connectivity index (χ1v) is 9.31. The molecule has 2 aromatic carbocycles. The van der Waals surface area contributed by atoms with Gasteiger partial charge in [0, 0.05) is 16.8 Å². The Bertz CT molecular complexity index is 932. The predicted molar refractivity (Wildman–Crippen MR) is 113 cm³/mol. The van der Waals surface area contributed by atoms with Crippen molar-refractivity contribution < 1.29 is 9.47 Å². The number of aryl methyl sites for hydroxylation is 2. The highest BCUT2D eigenvalue weighted by atomic mass is 35.5. The molecule has 1 aromatic heterocycles. The van der Waals surface area contributed by atoms with Gasteiger partial charge in [-0.05, 0) is 55.8 Å². The Morgan fingerprint density at radius 2 is 1.64 bits per heavy atom. The molecular weight excluding hydrogens is 376 g/mol. The van der Waals surface area contributed by atoms with Gasteiger partial charge in [-0.1, -0.05) is 17.7 Å². The number of hydrogen-bond acceptors (Lipinski definition) is 6. The van der Waals surface area contributed by atoms with Crippen LogP contribution >= 0.6 is 11.6 Å². The highest BCUT2D eigenvalue weighted by Crippen LogP contribution is 2.24. The molecule has 3 rings (SSSR count). The number of rotatable bonds is 8. The van der Waals surface area contributed by atoms with Crippen molar-refractivity contribution in [2.45, 2.75) is 13.8 Å². The van der Waals surface area contributed by atoms with Crippen molar-refractivity contribution in [2.24, 2.45) is 0 Å². The van der Waals surface area contributed by atoms with Crippen LogP contribution in [0.3, 0.4) is 0 Å². The summed E-state index contributed by atoms with van der Waals surface area (Å²) < 4.78 is 10.9. The second-order valence-corrected chi connectivity index (χ2v) is 6.66. The van der Waals surface area contributed by atoms with Gasteiger partial charge in [0.15, 0.2) is 0 Å². The number of benzene rings is 2. The molecule has 0 unspecified atom stereocenters. The summed E-state index contributed by atoms with van der Waals surface area (Å²) in [5.74, 6) is 3.70. The van der Waals surface area contributed by atoms with Crippen LogP contribution in [0.1, 0.15) is 11.4 Å². The number of methoxy groups -OCH3 is 1.